The predicted octanol–water partition coefficient (Wildman–Crippen LogP) is 3.66. The first-order valence-corrected chi connectivity index (χ1v) is 14.0. The number of nitrogens with one attached hydrogen (secondary N) is 2. The van der Waals surface area contributed by atoms with E-state index in [1.165, 1.54) is 6.07 Å². The van der Waals surface area contributed by atoms with E-state index in [0.717, 1.165) is 48.2 Å². The average Bonchev–Trinajstić information content (AvgIpc) is 3.27. The molecular weight excluding hydrogens is 508 g/mol. The summed E-state index contributed by atoms with van der Waals surface area (Å²) >= 11 is 0.733. The van der Waals surface area contributed by atoms with Gasteiger partial charge in [-0.05, 0) is 49.8 Å². The van der Waals surface area contributed by atoms with Crippen molar-refractivity contribution < 1.29 is 17.2 Å². The summed E-state index contributed by atoms with van der Waals surface area (Å²) in [5, 5.41) is 25.4. The molecule has 0 spiro atoms. The average molecular weight is 532 g/mol. The quantitative estimate of drug-likeness (QED) is 0.497. The first-order chi connectivity index (χ1) is 17.2. The van der Waals surface area contributed by atoms with Gasteiger partial charge in [0.15, 0.2) is 10.0 Å². The summed E-state index contributed by atoms with van der Waals surface area (Å²) in [6, 6.07) is 5.70. The van der Waals surface area contributed by atoms with E-state index in [-0.39, 0.29) is 15.9 Å². The zero-order chi connectivity index (χ0) is 25.2. The molecule has 3 aromatic rings. The summed E-state index contributed by atoms with van der Waals surface area (Å²) in [7, 11) is -2.30. The van der Waals surface area contributed by atoms with Gasteiger partial charge in [-0.25, -0.2) is 17.2 Å². The summed E-state index contributed by atoms with van der Waals surface area (Å²) in [5.74, 6) is 0. The standard InChI is InChI=1S/C23H23F2N7O2S2/c1-32-19-16(12-7-13-3-2-4-14(8-12)27-13)9-15(36(33,34)31-23(11-26)5-6-23)10-17(19)18(30-32)21-28-29-22(35-21)20(24)25/h7,9-10,13-14,20,27,31H,2-6,8H2,1H3. The molecule has 1 saturated heterocycles. The summed E-state index contributed by atoms with van der Waals surface area (Å²) in [6.07, 6.45) is 4.22. The largest absolute Gasteiger partial charge is 0.307 e. The van der Waals surface area contributed by atoms with Crippen LogP contribution in [0.5, 0.6) is 0 Å². The molecule has 2 atom stereocenters. The summed E-state index contributed by atoms with van der Waals surface area (Å²) in [6.45, 7) is 0. The Morgan fingerprint density at radius 3 is 2.78 bits per heavy atom. The first-order valence-electron chi connectivity index (χ1n) is 11.7. The third-order valence-electron chi connectivity index (χ3n) is 7.08. The minimum Gasteiger partial charge on any atom is -0.307 e. The topological polar surface area (TPSA) is 126 Å². The highest BCUT2D eigenvalue weighted by atomic mass is 32.2. The molecule has 1 aliphatic carbocycles. The Morgan fingerprint density at radius 1 is 1.31 bits per heavy atom. The van der Waals surface area contributed by atoms with Gasteiger partial charge < -0.3 is 5.32 Å². The first kappa shape index (κ1) is 23.6. The summed E-state index contributed by atoms with van der Waals surface area (Å²) in [4.78, 5) is 0.00367. The van der Waals surface area contributed by atoms with Gasteiger partial charge in [-0.15, -0.1) is 10.2 Å². The van der Waals surface area contributed by atoms with E-state index in [1.54, 1.807) is 17.8 Å². The molecule has 2 bridgehead atoms. The molecule has 13 heteroatoms. The van der Waals surface area contributed by atoms with Gasteiger partial charge in [0.05, 0.1) is 16.5 Å². The van der Waals surface area contributed by atoms with Crippen LogP contribution in [0.25, 0.3) is 27.2 Å². The zero-order valence-electron chi connectivity index (χ0n) is 19.3. The number of piperidine rings is 1. The summed E-state index contributed by atoms with van der Waals surface area (Å²) in [5.41, 5.74) is 1.67. The number of halogens is 2. The number of nitriles is 1. The third kappa shape index (κ3) is 4.02. The maximum absolute atomic E-state index is 13.4. The number of alkyl halides is 2. The number of fused-ring (bicyclic) bond motifs is 3. The van der Waals surface area contributed by atoms with E-state index < -0.39 is 27.0 Å². The Kier molecular flexibility index (Phi) is 5.49. The fourth-order valence-corrected chi connectivity index (χ4v) is 7.29. The normalized spacial score (nSPS) is 23.0. The van der Waals surface area contributed by atoms with Gasteiger partial charge in [0, 0.05) is 30.1 Å². The van der Waals surface area contributed by atoms with Crippen molar-refractivity contribution >= 4 is 37.8 Å². The number of hydrogen-bond donors (Lipinski definition) is 2. The maximum Gasteiger partial charge on any atom is 0.291 e. The highest BCUT2D eigenvalue weighted by Gasteiger charge is 2.47. The molecule has 3 aliphatic rings. The lowest BCUT2D eigenvalue weighted by atomic mass is 9.84. The van der Waals surface area contributed by atoms with Crippen molar-refractivity contribution in [2.75, 3.05) is 0 Å². The second-order valence-electron chi connectivity index (χ2n) is 9.68. The van der Waals surface area contributed by atoms with Crippen molar-refractivity contribution in [1.82, 2.24) is 30.0 Å². The van der Waals surface area contributed by atoms with E-state index in [4.69, 9.17) is 0 Å². The smallest absolute Gasteiger partial charge is 0.291 e. The molecule has 0 amide bonds. The molecule has 6 rings (SSSR count). The molecule has 2 N–H and O–H groups in total. The zero-order valence-corrected chi connectivity index (χ0v) is 21.0. The fraction of sp³-hybridized carbons (Fsp3) is 0.478. The van der Waals surface area contributed by atoms with Gasteiger partial charge in [-0.3, -0.25) is 4.68 Å². The van der Waals surface area contributed by atoms with Crippen LogP contribution in [0, 0.1) is 11.3 Å². The van der Waals surface area contributed by atoms with E-state index in [1.807, 2.05) is 0 Å². The highest BCUT2D eigenvalue weighted by molar-refractivity contribution is 7.89. The van der Waals surface area contributed by atoms with Gasteiger partial charge in [0.25, 0.3) is 6.43 Å². The Hall–Kier alpha value is -2.79. The second kappa shape index (κ2) is 8.37. The van der Waals surface area contributed by atoms with Crippen LogP contribution in [-0.2, 0) is 17.1 Å². The number of hydrogen-bond acceptors (Lipinski definition) is 8. The molecule has 2 fully saturated rings. The molecule has 36 heavy (non-hydrogen) atoms. The molecule has 2 aromatic heterocycles. The van der Waals surface area contributed by atoms with E-state index >= 15 is 0 Å². The molecule has 4 heterocycles. The fourth-order valence-electron chi connectivity index (χ4n) is 5.17. The van der Waals surface area contributed by atoms with Crippen molar-refractivity contribution in [2.24, 2.45) is 7.05 Å². The predicted molar refractivity (Wildman–Crippen MR) is 130 cm³/mol. The van der Waals surface area contributed by atoms with Crippen LogP contribution in [0.2, 0.25) is 0 Å². The van der Waals surface area contributed by atoms with Crippen LogP contribution < -0.4 is 10.0 Å². The van der Waals surface area contributed by atoms with Crippen molar-refractivity contribution in [3.8, 4) is 16.8 Å². The molecule has 0 radical (unpaired) electrons. The maximum atomic E-state index is 13.4. The number of rotatable bonds is 6. The van der Waals surface area contributed by atoms with Crippen LogP contribution in [-0.4, -0.2) is 46.0 Å². The minimum atomic E-state index is -4.04. The van der Waals surface area contributed by atoms with E-state index in [0.29, 0.717) is 35.5 Å². The van der Waals surface area contributed by atoms with Crippen molar-refractivity contribution in [2.45, 2.75) is 67.5 Å². The second-order valence-corrected chi connectivity index (χ2v) is 12.4. The van der Waals surface area contributed by atoms with Crippen molar-refractivity contribution in [3.63, 3.8) is 0 Å². The minimum absolute atomic E-state index is 0.00367. The highest BCUT2D eigenvalue weighted by Crippen LogP contribution is 2.41. The number of aromatic nitrogens is 4. The van der Waals surface area contributed by atoms with Gasteiger partial charge >= 0.3 is 0 Å². The lowest BCUT2D eigenvalue weighted by Gasteiger charge is -2.35. The van der Waals surface area contributed by atoms with Crippen molar-refractivity contribution in [3.05, 3.63) is 28.8 Å². The lowest BCUT2D eigenvalue weighted by molar-refractivity contribution is 0.150. The number of sulfonamides is 1. The molecule has 2 unspecified atom stereocenters. The summed E-state index contributed by atoms with van der Waals surface area (Å²) < 4.78 is 57.5. The van der Waals surface area contributed by atoms with Crippen LogP contribution in [0.15, 0.2) is 23.1 Å². The van der Waals surface area contributed by atoms with Crippen molar-refractivity contribution in [1.29, 1.82) is 5.26 Å². The Balaban J connectivity index is 1.56. The van der Waals surface area contributed by atoms with E-state index in [2.05, 4.69) is 37.5 Å². The van der Waals surface area contributed by atoms with Gasteiger partial charge in [-0.1, -0.05) is 23.8 Å². The van der Waals surface area contributed by atoms with Gasteiger partial charge in [0.1, 0.15) is 11.2 Å². The Labute approximate surface area is 210 Å². The number of aryl methyl sites for hydroxylation is 1. The van der Waals surface area contributed by atoms with E-state index in [9.17, 15) is 22.5 Å². The Bertz CT molecular complexity index is 1550. The monoisotopic (exact) mass is 531 g/mol. The van der Waals surface area contributed by atoms with Crippen LogP contribution in [0.4, 0.5) is 8.78 Å². The molecular formula is C23H23F2N7O2S2. The molecule has 2 aliphatic heterocycles. The Morgan fingerprint density at radius 2 is 2.11 bits per heavy atom. The molecule has 1 saturated carbocycles. The SMILES string of the molecule is Cn1nc(-c2nnc(C(F)F)s2)c2cc(S(=O)(=O)NC3(C#N)CC3)cc(C3=CC4CCCC(C3)N4)c21. The number of benzene rings is 1. The van der Waals surface area contributed by atoms with Gasteiger partial charge in [0.2, 0.25) is 10.0 Å². The lowest BCUT2D eigenvalue weighted by Crippen LogP contribution is -2.44. The molecule has 9 nitrogen and oxygen atoms in total. The molecule has 1 aromatic carbocycles. The van der Waals surface area contributed by atoms with Gasteiger partial charge in [-0.2, -0.15) is 15.1 Å². The number of nitrogens with zero attached hydrogens (tertiary/aromatic N) is 5. The van der Waals surface area contributed by atoms with Crippen LogP contribution in [0.3, 0.4) is 0 Å². The van der Waals surface area contributed by atoms with Crippen LogP contribution in [0.1, 0.15) is 55.5 Å². The molecule has 188 valence electrons. The van der Waals surface area contributed by atoms with Crippen LogP contribution >= 0.6 is 11.3 Å². The third-order valence-corrected chi connectivity index (χ3v) is 9.53.